The Kier molecular flexibility index (Phi) is 9.40. The van der Waals surface area contributed by atoms with Gasteiger partial charge in [0.1, 0.15) is 5.60 Å². The molecule has 0 bridgehead atoms. The number of nitrogens with zero attached hydrogens (tertiary/aromatic N) is 1. The lowest BCUT2D eigenvalue weighted by molar-refractivity contribution is -0.546. The fourth-order valence-corrected chi connectivity index (χ4v) is 3.27. The van der Waals surface area contributed by atoms with Gasteiger partial charge >= 0.3 is 12.0 Å². The van der Waals surface area contributed by atoms with Crippen molar-refractivity contribution in [2.75, 3.05) is 18.9 Å². The summed E-state index contributed by atoms with van der Waals surface area (Å²) in [5.41, 5.74) is 3.43. The van der Waals surface area contributed by atoms with E-state index in [1.165, 1.54) is 0 Å². The van der Waals surface area contributed by atoms with Gasteiger partial charge in [-0.25, -0.2) is 9.59 Å². The Labute approximate surface area is 212 Å². The third kappa shape index (κ3) is 7.56. The summed E-state index contributed by atoms with van der Waals surface area (Å²) in [5, 5.41) is 6.72. The highest BCUT2D eigenvalue weighted by Crippen LogP contribution is 2.19. The van der Waals surface area contributed by atoms with Gasteiger partial charge in [0.15, 0.2) is 6.20 Å². The second kappa shape index (κ2) is 11.8. The minimum atomic E-state index is -0.572. The third-order valence-electron chi connectivity index (χ3n) is 4.81. The van der Waals surface area contributed by atoms with Crippen molar-refractivity contribution in [2.45, 2.75) is 32.8 Å². The number of anilines is 1. The summed E-state index contributed by atoms with van der Waals surface area (Å²) < 4.78 is 6.84. The van der Waals surface area contributed by atoms with Crippen LogP contribution in [0.4, 0.5) is 10.5 Å². The Morgan fingerprint density at radius 3 is 2.36 bits per heavy atom. The van der Waals surface area contributed by atoms with Gasteiger partial charge in [0, 0.05) is 31.4 Å². The van der Waals surface area contributed by atoms with Crippen molar-refractivity contribution in [1.82, 2.24) is 5.32 Å². The molecule has 174 valence electrons. The summed E-state index contributed by atoms with van der Waals surface area (Å²) >= 11 is 0. The first-order valence-electron chi connectivity index (χ1n) is 10.7. The lowest BCUT2D eigenvalue weighted by Crippen LogP contribution is -3.00. The van der Waals surface area contributed by atoms with E-state index in [9.17, 15) is 9.59 Å². The predicted octanol–water partition coefficient (Wildman–Crippen LogP) is 1.90. The van der Waals surface area contributed by atoms with Crippen molar-refractivity contribution >= 4 is 40.7 Å². The van der Waals surface area contributed by atoms with Crippen LogP contribution >= 0.6 is 0 Å². The summed E-state index contributed by atoms with van der Waals surface area (Å²) in [6, 6.07) is 17.9. The topological polar surface area (TPSA) is 71.3 Å². The number of hydrogen-bond donors (Lipinski definition) is 2. The van der Waals surface area contributed by atoms with Crippen LogP contribution in [0.25, 0.3) is 23.1 Å². The average molecular weight is 559 g/mol. The quantitative estimate of drug-likeness (QED) is 0.358. The highest BCUT2D eigenvalue weighted by Gasteiger charge is 2.21. The molecule has 1 aromatic heterocycles. The van der Waals surface area contributed by atoms with Crippen molar-refractivity contribution in [3.8, 4) is 0 Å². The second-order valence-corrected chi connectivity index (χ2v) is 8.44. The standard InChI is InChI=1S/C26H29N3O3.HI/c1-26(2,3)32-25(31)28-17-15-24(30)29-18-16-20(22-7-5-6-8-23(22)29)12-9-19-10-13-21(27-4)14-11-19;/h5-14,16,18H,15,17H2,1-4H3,(H,28,31);1H. The summed E-state index contributed by atoms with van der Waals surface area (Å²) in [5.74, 6) is -0.101. The number of carbonyl (C=O) groups is 2. The number of fused-ring (bicyclic) bond motifs is 1. The first-order chi connectivity index (χ1) is 15.3. The lowest BCUT2D eigenvalue weighted by atomic mass is 10.1. The van der Waals surface area contributed by atoms with Gasteiger partial charge in [-0.2, -0.15) is 0 Å². The molecule has 0 aliphatic carbocycles. The Morgan fingerprint density at radius 2 is 1.70 bits per heavy atom. The van der Waals surface area contributed by atoms with Crippen molar-refractivity contribution in [3.05, 3.63) is 71.9 Å². The molecule has 1 amide bonds. The fourth-order valence-electron chi connectivity index (χ4n) is 3.27. The molecule has 0 saturated heterocycles. The number of ether oxygens (including phenoxy) is 1. The Morgan fingerprint density at radius 1 is 1.00 bits per heavy atom. The van der Waals surface area contributed by atoms with Gasteiger partial charge < -0.3 is 39.3 Å². The van der Waals surface area contributed by atoms with E-state index in [-0.39, 0.29) is 42.8 Å². The Bertz CT molecular complexity index is 1140. The van der Waals surface area contributed by atoms with Gasteiger partial charge in [0.05, 0.1) is 11.8 Å². The zero-order valence-corrected chi connectivity index (χ0v) is 21.5. The predicted molar refractivity (Wildman–Crippen MR) is 129 cm³/mol. The number of para-hydroxylation sites is 1. The highest BCUT2D eigenvalue weighted by molar-refractivity contribution is 5.90. The van der Waals surface area contributed by atoms with E-state index in [4.69, 9.17) is 4.74 Å². The van der Waals surface area contributed by atoms with Gasteiger partial charge in [-0.3, -0.25) is 0 Å². The molecule has 0 aliphatic rings. The summed E-state index contributed by atoms with van der Waals surface area (Å²) in [7, 11) is 1.89. The van der Waals surface area contributed by atoms with Crippen molar-refractivity contribution in [2.24, 2.45) is 0 Å². The molecular formula is C26H30IN3O3. The number of benzene rings is 2. The molecule has 0 unspecified atom stereocenters. The first kappa shape index (κ1) is 26.3. The van der Waals surface area contributed by atoms with Crippen molar-refractivity contribution in [1.29, 1.82) is 0 Å². The highest BCUT2D eigenvalue weighted by atomic mass is 127. The number of amides is 1. The molecule has 7 heteroatoms. The number of carbonyl (C=O) groups excluding carboxylic acids is 2. The monoisotopic (exact) mass is 559 g/mol. The largest absolute Gasteiger partial charge is 1.00 e. The molecule has 1 heterocycles. The molecule has 0 radical (unpaired) electrons. The minimum absolute atomic E-state index is 0. The number of hydrogen-bond acceptors (Lipinski definition) is 4. The van der Waals surface area contributed by atoms with Gasteiger partial charge in [-0.1, -0.05) is 36.4 Å². The molecule has 3 aromatic rings. The molecule has 0 atom stereocenters. The number of aromatic nitrogens is 1. The number of pyridine rings is 1. The molecule has 2 N–H and O–H groups in total. The molecule has 0 fully saturated rings. The normalized spacial score (nSPS) is 11.2. The van der Waals surface area contributed by atoms with Crippen LogP contribution in [-0.4, -0.2) is 31.2 Å². The van der Waals surface area contributed by atoms with E-state index < -0.39 is 11.7 Å². The summed E-state index contributed by atoms with van der Waals surface area (Å²) in [6.07, 6.45) is 5.53. The van der Waals surface area contributed by atoms with Crippen LogP contribution in [0.1, 0.15) is 43.1 Å². The van der Waals surface area contributed by atoms with Crippen molar-refractivity contribution < 1.29 is 42.9 Å². The number of rotatable bonds is 6. The zero-order chi connectivity index (χ0) is 23.1. The van der Waals surface area contributed by atoms with Crippen LogP contribution in [0.2, 0.25) is 0 Å². The van der Waals surface area contributed by atoms with Crippen LogP contribution < -0.4 is 39.2 Å². The van der Waals surface area contributed by atoms with Crippen molar-refractivity contribution in [3.63, 3.8) is 0 Å². The molecule has 0 aliphatic heterocycles. The maximum Gasteiger partial charge on any atom is 0.407 e. The Balaban J connectivity index is 0.00000385. The maximum atomic E-state index is 12.8. The molecule has 6 nitrogen and oxygen atoms in total. The van der Waals surface area contributed by atoms with E-state index in [0.717, 1.165) is 27.7 Å². The average Bonchev–Trinajstić information content (AvgIpc) is 2.76. The maximum absolute atomic E-state index is 12.8. The number of halogens is 1. The summed E-state index contributed by atoms with van der Waals surface area (Å²) in [6.45, 7) is 5.60. The Hall–Kier alpha value is -2.94. The molecule has 33 heavy (non-hydrogen) atoms. The van der Waals surface area contributed by atoms with E-state index in [1.54, 1.807) is 31.5 Å². The molecular weight excluding hydrogens is 529 g/mol. The molecule has 0 spiro atoms. The van der Waals surface area contributed by atoms with E-state index in [0.29, 0.717) is 0 Å². The van der Waals surface area contributed by atoms with Crippen LogP contribution in [0.15, 0.2) is 60.8 Å². The van der Waals surface area contributed by atoms with Crippen LogP contribution in [0.3, 0.4) is 0 Å². The molecule has 3 rings (SSSR count). The number of alkyl carbamates (subject to hydrolysis) is 1. The smallest absolute Gasteiger partial charge is 0.407 e. The van der Waals surface area contributed by atoms with E-state index in [1.807, 2.05) is 49.5 Å². The summed E-state index contributed by atoms with van der Waals surface area (Å²) in [4.78, 5) is 24.6. The lowest BCUT2D eigenvalue weighted by Gasteiger charge is -2.19. The van der Waals surface area contributed by atoms with E-state index >= 15 is 0 Å². The van der Waals surface area contributed by atoms with Gasteiger partial charge in [-0.05, 0) is 50.1 Å². The van der Waals surface area contributed by atoms with Crippen LogP contribution in [0, 0.1) is 0 Å². The second-order valence-electron chi connectivity index (χ2n) is 8.44. The SMILES string of the molecule is CNc1ccc(C=Cc2cc[n+](C(=O)CCNC(=O)OC(C)(C)C)c3ccccc23)cc1.[I-]. The van der Waals surface area contributed by atoms with Crippen LogP contribution in [0.5, 0.6) is 0 Å². The van der Waals surface area contributed by atoms with E-state index in [2.05, 4.69) is 34.9 Å². The zero-order valence-electron chi connectivity index (χ0n) is 19.4. The van der Waals surface area contributed by atoms with Gasteiger partial charge in [-0.15, -0.1) is 4.57 Å². The molecule has 0 saturated carbocycles. The minimum Gasteiger partial charge on any atom is -1.00 e. The first-order valence-corrected chi connectivity index (χ1v) is 10.7. The number of nitrogens with one attached hydrogen (secondary N) is 2. The van der Waals surface area contributed by atoms with Gasteiger partial charge in [0.25, 0.3) is 0 Å². The fraction of sp³-hybridized carbons (Fsp3) is 0.269. The molecule has 2 aromatic carbocycles. The third-order valence-corrected chi connectivity index (χ3v) is 4.81. The van der Waals surface area contributed by atoms with Crippen LogP contribution in [-0.2, 0) is 4.74 Å². The van der Waals surface area contributed by atoms with Gasteiger partial charge in [0.2, 0.25) is 5.52 Å².